The Kier molecular flexibility index (Phi) is 6.31. The highest BCUT2D eigenvalue weighted by atomic mass is 16.6. The van der Waals surface area contributed by atoms with Crippen LogP contribution in [0.1, 0.15) is 17.3 Å². The first-order chi connectivity index (χ1) is 14.4. The van der Waals surface area contributed by atoms with Crippen molar-refractivity contribution in [2.75, 3.05) is 30.4 Å². The molecule has 0 aromatic heterocycles. The molecule has 9 nitrogen and oxygen atoms in total. The molecule has 0 aliphatic carbocycles. The number of nitrogens with zero attached hydrogens (tertiary/aromatic N) is 1. The zero-order chi connectivity index (χ0) is 21.7. The summed E-state index contributed by atoms with van der Waals surface area (Å²) in [4.78, 5) is 49.3. The summed E-state index contributed by atoms with van der Waals surface area (Å²) in [6.07, 6.45) is -1.04. The number of hydrogen-bond donors (Lipinski definition) is 2. The summed E-state index contributed by atoms with van der Waals surface area (Å²) in [5.41, 5.74) is 1.48. The van der Waals surface area contributed by atoms with Gasteiger partial charge in [-0.1, -0.05) is 12.1 Å². The molecule has 0 unspecified atom stereocenters. The highest BCUT2D eigenvalue weighted by Crippen LogP contribution is 2.33. The van der Waals surface area contributed by atoms with Crippen LogP contribution in [0.4, 0.5) is 11.4 Å². The molecule has 2 N–H and O–H groups in total. The van der Waals surface area contributed by atoms with Gasteiger partial charge in [0.05, 0.1) is 12.2 Å². The van der Waals surface area contributed by atoms with Gasteiger partial charge in [-0.05, 0) is 36.4 Å². The van der Waals surface area contributed by atoms with E-state index in [1.54, 1.807) is 48.5 Å². The van der Waals surface area contributed by atoms with Gasteiger partial charge in [-0.15, -0.1) is 0 Å². The van der Waals surface area contributed by atoms with Crippen LogP contribution in [0.15, 0.2) is 48.5 Å². The Morgan fingerprint density at radius 2 is 1.80 bits per heavy atom. The zero-order valence-electron chi connectivity index (χ0n) is 16.5. The molecule has 3 amide bonds. The number of carbonyl (C=O) groups excluding carboxylic acids is 4. The first-order valence-electron chi connectivity index (χ1n) is 9.21. The van der Waals surface area contributed by atoms with Crippen molar-refractivity contribution in [3.8, 4) is 5.75 Å². The van der Waals surface area contributed by atoms with Crippen LogP contribution in [0.25, 0.3) is 0 Å². The lowest BCUT2D eigenvalue weighted by Gasteiger charge is -2.33. The standard InChI is InChI=1S/C21H21N3O6/c1-13(25)24-11-18(30-17-6-4-3-5-16(17)24)21(28)29-12-19(26)23-15-9-7-14(8-10-15)20(27)22-2/h3-10,18H,11-12H2,1-2H3,(H,22,27)(H,23,26)/t18-/m0/s1. The topological polar surface area (TPSA) is 114 Å². The Hall–Kier alpha value is -3.88. The Bertz CT molecular complexity index is 973. The van der Waals surface area contributed by atoms with Crippen LogP contribution in [0.2, 0.25) is 0 Å². The van der Waals surface area contributed by atoms with Crippen LogP contribution in [0.5, 0.6) is 5.75 Å². The quantitative estimate of drug-likeness (QED) is 0.718. The second-order valence-electron chi connectivity index (χ2n) is 6.52. The van der Waals surface area contributed by atoms with Gasteiger partial charge in [0.2, 0.25) is 12.0 Å². The summed E-state index contributed by atoms with van der Waals surface area (Å²) in [7, 11) is 1.52. The van der Waals surface area contributed by atoms with Gasteiger partial charge in [0.1, 0.15) is 5.75 Å². The van der Waals surface area contributed by atoms with E-state index < -0.39 is 24.6 Å². The maximum Gasteiger partial charge on any atom is 0.349 e. The van der Waals surface area contributed by atoms with Gasteiger partial charge in [0.25, 0.3) is 11.8 Å². The first-order valence-corrected chi connectivity index (χ1v) is 9.21. The van der Waals surface area contributed by atoms with Crippen LogP contribution in [-0.2, 0) is 19.1 Å². The van der Waals surface area contributed by atoms with Crippen molar-refractivity contribution in [1.82, 2.24) is 5.32 Å². The van der Waals surface area contributed by atoms with Crippen LogP contribution in [0, 0.1) is 0 Å². The lowest BCUT2D eigenvalue weighted by atomic mass is 10.2. The predicted molar refractivity (Wildman–Crippen MR) is 108 cm³/mol. The Morgan fingerprint density at radius 1 is 1.10 bits per heavy atom. The zero-order valence-corrected chi connectivity index (χ0v) is 16.5. The summed E-state index contributed by atoms with van der Waals surface area (Å²) in [6, 6.07) is 13.1. The van der Waals surface area contributed by atoms with E-state index in [1.807, 2.05) is 0 Å². The van der Waals surface area contributed by atoms with Gasteiger partial charge in [-0.3, -0.25) is 14.4 Å². The van der Waals surface area contributed by atoms with Crippen LogP contribution in [-0.4, -0.2) is 50.0 Å². The van der Waals surface area contributed by atoms with Gasteiger partial charge in [-0.25, -0.2) is 4.79 Å². The van der Waals surface area contributed by atoms with E-state index in [2.05, 4.69) is 10.6 Å². The minimum absolute atomic E-state index is 0.00620. The highest BCUT2D eigenvalue weighted by molar-refractivity contribution is 5.97. The van der Waals surface area contributed by atoms with Crippen molar-refractivity contribution in [2.45, 2.75) is 13.0 Å². The third kappa shape index (κ3) is 4.75. The summed E-state index contributed by atoms with van der Waals surface area (Å²) in [5, 5.41) is 5.08. The van der Waals surface area contributed by atoms with E-state index in [0.29, 0.717) is 22.7 Å². The minimum atomic E-state index is -1.04. The minimum Gasteiger partial charge on any atom is -0.475 e. The number of carbonyl (C=O) groups is 4. The van der Waals surface area contributed by atoms with Gasteiger partial charge in [0.15, 0.2) is 6.61 Å². The van der Waals surface area contributed by atoms with Crippen LogP contribution < -0.4 is 20.3 Å². The molecule has 0 spiro atoms. The maximum absolute atomic E-state index is 12.4. The molecule has 2 aromatic rings. The third-order valence-electron chi connectivity index (χ3n) is 4.42. The van der Waals surface area contributed by atoms with E-state index in [0.717, 1.165) is 0 Å². The fourth-order valence-corrected chi connectivity index (χ4v) is 2.93. The van der Waals surface area contributed by atoms with Crippen molar-refractivity contribution in [3.63, 3.8) is 0 Å². The second kappa shape index (κ2) is 9.08. The number of rotatable bonds is 5. The summed E-state index contributed by atoms with van der Waals surface area (Å²) in [5.74, 6) is -1.38. The van der Waals surface area contributed by atoms with Gasteiger partial charge < -0.3 is 25.0 Å². The molecular formula is C21H21N3O6. The highest BCUT2D eigenvalue weighted by Gasteiger charge is 2.33. The molecular weight excluding hydrogens is 390 g/mol. The molecule has 1 heterocycles. The van der Waals surface area contributed by atoms with Gasteiger partial charge >= 0.3 is 5.97 Å². The van der Waals surface area contributed by atoms with E-state index in [-0.39, 0.29) is 18.4 Å². The molecule has 0 saturated carbocycles. The lowest BCUT2D eigenvalue weighted by molar-refractivity contribution is -0.154. The second-order valence-corrected chi connectivity index (χ2v) is 6.52. The smallest absolute Gasteiger partial charge is 0.349 e. The number of benzene rings is 2. The predicted octanol–water partition coefficient (Wildman–Crippen LogP) is 1.34. The summed E-state index contributed by atoms with van der Waals surface area (Å²) in [6.45, 7) is 0.874. The van der Waals surface area contributed by atoms with Crippen molar-refractivity contribution >= 4 is 35.1 Å². The summed E-state index contributed by atoms with van der Waals surface area (Å²) >= 11 is 0. The number of amides is 3. The number of nitrogens with one attached hydrogen (secondary N) is 2. The molecule has 0 saturated heterocycles. The first kappa shape index (κ1) is 20.8. The summed E-state index contributed by atoms with van der Waals surface area (Å²) < 4.78 is 10.7. The fraction of sp³-hybridized carbons (Fsp3) is 0.238. The Labute approximate surface area is 172 Å². The third-order valence-corrected chi connectivity index (χ3v) is 4.42. The van der Waals surface area contributed by atoms with Crippen molar-refractivity contribution in [1.29, 1.82) is 0 Å². The van der Waals surface area contributed by atoms with Crippen molar-refractivity contribution in [2.24, 2.45) is 0 Å². The van der Waals surface area contributed by atoms with Crippen LogP contribution in [0.3, 0.4) is 0 Å². The van der Waals surface area contributed by atoms with Gasteiger partial charge in [0, 0.05) is 25.2 Å². The monoisotopic (exact) mass is 411 g/mol. The number of ether oxygens (including phenoxy) is 2. The molecule has 0 fully saturated rings. The maximum atomic E-state index is 12.4. The SMILES string of the molecule is CNC(=O)c1ccc(NC(=O)COC(=O)[C@@H]2CN(C(C)=O)c3ccccc3O2)cc1. The molecule has 0 radical (unpaired) electrons. The Morgan fingerprint density at radius 3 is 2.47 bits per heavy atom. The van der Waals surface area contributed by atoms with E-state index in [9.17, 15) is 19.2 Å². The largest absolute Gasteiger partial charge is 0.475 e. The molecule has 1 aliphatic heterocycles. The molecule has 2 aromatic carbocycles. The van der Waals surface area contributed by atoms with Crippen molar-refractivity contribution < 1.29 is 28.7 Å². The molecule has 9 heteroatoms. The molecule has 1 aliphatic rings. The Balaban J connectivity index is 1.56. The molecule has 1 atom stereocenters. The fourth-order valence-electron chi connectivity index (χ4n) is 2.93. The number of esters is 1. The number of fused-ring (bicyclic) bond motifs is 1. The molecule has 3 rings (SSSR count). The number of anilines is 2. The molecule has 0 bridgehead atoms. The van der Waals surface area contributed by atoms with Crippen molar-refractivity contribution in [3.05, 3.63) is 54.1 Å². The van der Waals surface area contributed by atoms with E-state index in [1.165, 1.54) is 18.9 Å². The van der Waals surface area contributed by atoms with E-state index >= 15 is 0 Å². The number of hydrogen-bond acceptors (Lipinski definition) is 6. The van der Waals surface area contributed by atoms with Gasteiger partial charge in [-0.2, -0.15) is 0 Å². The van der Waals surface area contributed by atoms with Crippen LogP contribution >= 0.6 is 0 Å². The average molecular weight is 411 g/mol. The normalized spacial score (nSPS) is 14.7. The lowest BCUT2D eigenvalue weighted by Crippen LogP contribution is -2.47. The average Bonchev–Trinajstić information content (AvgIpc) is 2.76. The molecule has 30 heavy (non-hydrogen) atoms. The number of para-hydroxylation sites is 2. The van der Waals surface area contributed by atoms with E-state index in [4.69, 9.17) is 9.47 Å². The molecule has 156 valence electrons.